The van der Waals surface area contributed by atoms with Crippen LogP contribution in [0.25, 0.3) is 0 Å². The topological polar surface area (TPSA) is 72.2 Å². The van der Waals surface area contributed by atoms with Crippen molar-refractivity contribution < 1.29 is 18.7 Å². The summed E-state index contributed by atoms with van der Waals surface area (Å²) in [5.74, 6) is -0.841. The standard InChI is InChI=1S/C22H25FN2O3/c1-2-3-4-5-6-7-8-13-27-19-11-12-21(25-16-19)22(26)28-18-10-9-17(15-24)20(23)14-18/h9-12,14,16H,2-8,13H2,1H3. The Morgan fingerprint density at radius 3 is 2.43 bits per heavy atom. The van der Waals surface area contributed by atoms with Gasteiger partial charge in [-0.1, -0.05) is 45.4 Å². The van der Waals surface area contributed by atoms with Gasteiger partial charge >= 0.3 is 5.97 Å². The quantitative estimate of drug-likeness (QED) is 0.293. The Labute approximate surface area is 165 Å². The third kappa shape index (κ3) is 6.99. The lowest BCUT2D eigenvalue weighted by Crippen LogP contribution is -2.11. The highest BCUT2D eigenvalue weighted by Crippen LogP contribution is 2.18. The molecule has 0 unspecified atom stereocenters. The number of aromatic nitrogens is 1. The van der Waals surface area contributed by atoms with Crippen LogP contribution in [0.15, 0.2) is 36.5 Å². The van der Waals surface area contributed by atoms with Gasteiger partial charge in [0.05, 0.1) is 18.4 Å². The fraction of sp³-hybridized carbons (Fsp3) is 0.409. The van der Waals surface area contributed by atoms with E-state index in [1.807, 2.05) is 0 Å². The summed E-state index contributed by atoms with van der Waals surface area (Å²) in [6.07, 6.45) is 9.95. The molecule has 0 atom stereocenters. The van der Waals surface area contributed by atoms with Crippen molar-refractivity contribution in [3.63, 3.8) is 0 Å². The van der Waals surface area contributed by atoms with Gasteiger partial charge < -0.3 is 9.47 Å². The van der Waals surface area contributed by atoms with E-state index in [4.69, 9.17) is 14.7 Å². The Kier molecular flexibility index (Phi) is 8.93. The van der Waals surface area contributed by atoms with Crippen LogP contribution < -0.4 is 9.47 Å². The second-order valence-corrected chi connectivity index (χ2v) is 6.49. The molecule has 1 aromatic carbocycles. The van der Waals surface area contributed by atoms with E-state index in [-0.39, 0.29) is 17.0 Å². The molecule has 5 nitrogen and oxygen atoms in total. The van der Waals surface area contributed by atoms with Gasteiger partial charge in [0.2, 0.25) is 0 Å². The molecular weight excluding hydrogens is 359 g/mol. The predicted octanol–water partition coefficient (Wildman–Crippen LogP) is 5.44. The van der Waals surface area contributed by atoms with Crippen LogP contribution in [0.5, 0.6) is 11.5 Å². The lowest BCUT2D eigenvalue weighted by Gasteiger charge is -2.07. The first-order chi connectivity index (χ1) is 13.6. The zero-order valence-corrected chi connectivity index (χ0v) is 16.1. The number of pyridine rings is 1. The summed E-state index contributed by atoms with van der Waals surface area (Å²) < 4.78 is 24.3. The number of nitrogens with zero attached hydrogens (tertiary/aromatic N) is 2. The number of nitriles is 1. The smallest absolute Gasteiger partial charge is 0.362 e. The molecule has 0 radical (unpaired) electrons. The normalized spacial score (nSPS) is 10.3. The zero-order valence-electron chi connectivity index (χ0n) is 16.1. The van der Waals surface area contributed by atoms with E-state index in [9.17, 15) is 9.18 Å². The highest BCUT2D eigenvalue weighted by molar-refractivity contribution is 5.89. The molecule has 0 amide bonds. The highest BCUT2D eigenvalue weighted by atomic mass is 19.1. The van der Waals surface area contributed by atoms with Crippen molar-refractivity contribution in [2.45, 2.75) is 51.9 Å². The second kappa shape index (κ2) is 11.7. The molecule has 0 saturated heterocycles. The van der Waals surface area contributed by atoms with E-state index >= 15 is 0 Å². The predicted molar refractivity (Wildman–Crippen MR) is 104 cm³/mol. The summed E-state index contributed by atoms with van der Waals surface area (Å²) in [4.78, 5) is 16.1. The van der Waals surface area contributed by atoms with Crippen molar-refractivity contribution in [1.29, 1.82) is 5.26 Å². The van der Waals surface area contributed by atoms with Gasteiger partial charge in [-0.2, -0.15) is 5.26 Å². The van der Waals surface area contributed by atoms with E-state index in [0.29, 0.717) is 12.4 Å². The Balaban J connectivity index is 1.75. The number of ether oxygens (including phenoxy) is 2. The van der Waals surface area contributed by atoms with Crippen molar-refractivity contribution >= 4 is 5.97 Å². The molecular formula is C22H25FN2O3. The van der Waals surface area contributed by atoms with Gasteiger partial charge in [0.1, 0.15) is 29.1 Å². The Hall–Kier alpha value is -2.94. The van der Waals surface area contributed by atoms with Crippen LogP contribution in [0.2, 0.25) is 0 Å². The van der Waals surface area contributed by atoms with Crippen LogP contribution in [0, 0.1) is 17.1 Å². The molecule has 0 N–H and O–H groups in total. The molecule has 0 bridgehead atoms. The Morgan fingerprint density at radius 1 is 1.07 bits per heavy atom. The molecule has 0 saturated carbocycles. The van der Waals surface area contributed by atoms with E-state index in [2.05, 4.69) is 11.9 Å². The number of carbonyl (C=O) groups excluding carboxylic acids is 1. The highest BCUT2D eigenvalue weighted by Gasteiger charge is 2.12. The molecule has 6 heteroatoms. The molecule has 0 aliphatic heterocycles. The Morgan fingerprint density at radius 2 is 1.79 bits per heavy atom. The number of esters is 1. The van der Waals surface area contributed by atoms with Gasteiger partial charge in [-0.05, 0) is 30.7 Å². The van der Waals surface area contributed by atoms with Crippen LogP contribution in [0.4, 0.5) is 4.39 Å². The number of carbonyl (C=O) groups is 1. The fourth-order valence-electron chi connectivity index (χ4n) is 2.64. The fourth-order valence-corrected chi connectivity index (χ4v) is 2.64. The molecule has 148 valence electrons. The average molecular weight is 384 g/mol. The third-order valence-electron chi connectivity index (χ3n) is 4.23. The summed E-state index contributed by atoms with van der Waals surface area (Å²) in [6, 6.07) is 8.48. The second-order valence-electron chi connectivity index (χ2n) is 6.49. The van der Waals surface area contributed by atoms with Crippen LogP contribution >= 0.6 is 0 Å². The van der Waals surface area contributed by atoms with Gasteiger partial charge in [-0.25, -0.2) is 14.2 Å². The number of hydrogen-bond acceptors (Lipinski definition) is 5. The third-order valence-corrected chi connectivity index (χ3v) is 4.23. The summed E-state index contributed by atoms with van der Waals surface area (Å²) >= 11 is 0. The van der Waals surface area contributed by atoms with Crippen LogP contribution in [0.3, 0.4) is 0 Å². The van der Waals surface area contributed by atoms with E-state index in [1.165, 1.54) is 56.5 Å². The first-order valence-electron chi connectivity index (χ1n) is 9.64. The summed E-state index contributed by atoms with van der Waals surface area (Å²) in [6.45, 7) is 2.82. The van der Waals surface area contributed by atoms with Crippen molar-refractivity contribution in [2.24, 2.45) is 0 Å². The molecule has 1 heterocycles. The van der Waals surface area contributed by atoms with Crippen LogP contribution in [-0.2, 0) is 0 Å². The maximum atomic E-state index is 13.6. The minimum absolute atomic E-state index is 0.0163. The Bertz CT molecular complexity index is 800. The lowest BCUT2D eigenvalue weighted by atomic mass is 10.1. The van der Waals surface area contributed by atoms with Gasteiger partial charge in [0.15, 0.2) is 0 Å². The average Bonchev–Trinajstić information content (AvgIpc) is 2.70. The summed E-state index contributed by atoms with van der Waals surface area (Å²) in [7, 11) is 0. The SMILES string of the molecule is CCCCCCCCCOc1ccc(C(=O)Oc2ccc(C#N)c(F)c2)nc1. The molecule has 0 aliphatic rings. The number of halogens is 1. The van der Waals surface area contributed by atoms with Crippen LogP contribution in [-0.4, -0.2) is 17.6 Å². The van der Waals surface area contributed by atoms with Gasteiger partial charge in [-0.3, -0.25) is 0 Å². The van der Waals surface area contributed by atoms with Crippen molar-refractivity contribution in [2.75, 3.05) is 6.61 Å². The number of rotatable bonds is 11. The number of unbranched alkanes of at least 4 members (excludes halogenated alkanes) is 6. The molecule has 0 spiro atoms. The van der Waals surface area contributed by atoms with Crippen molar-refractivity contribution in [3.8, 4) is 17.6 Å². The maximum absolute atomic E-state index is 13.6. The van der Waals surface area contributed by atoms with Crippen LogP contribution in [0.1, 0.15) is 67.9 Å². The van der Waals surface area contributed by atoms with Gasteiger partial charge in [-0.15, -0.1) is 0 Å². The van der Waals surface area contributed by atoms with Crippen molar-refractivity contribution in [1.82, 2.24) is 4.98 Å². The van der Waals surface area contributed by atoms with E-state index < -0.39 is 11.8 Å². The number of benzene rings is 1. The van der Waals surface area contributed by atoms with E-state index in [0.717, 1.165) is 18.9 Å². The van der Waals surface area contributed by atoms with Gasteiger partial charge in [0, 0.05) is 6.07 Å². The largest absolute Gasteiger partial charge is 0.492 e. The number of hydrogen-bond donors (Lipinski definition) is 0. The van der Waals surface area contributed by atoms with Crippen molar-refractivity contribution in [3.05, 3.63) is 53.6 Å². The molecule has 2 rings (SSSR count). The molecule has 28 heavy (non-hydrogen) atoms. The monoisotopic (exact) mass is 384 g/mol. The minimum Gasteiger partial charge on any atom is -0.492 e. The van der Waals surface area contributed by atoms with Gasteiger partial charge in [0.25, 0.3) is 0 Å². The molecule has 1 aromatic heterocycles. The van der Waals surface area contributed by atoms with E-state index in [1.54, 1.807) is 12.1 Å². The maximum Gasteiger partial charge on any atom is 0.362 e. The first-order valence-corrected chi connectivity index (χ1v) is 9.64. The summed E-state index contributed by atoms with van der Waals surface area (Å²) in [5.41, 5.74) is -0.0200. The first kappa shape index (κ1) is 21.4. The zero-order chi connectivity index (χ0) is 20.2. The minimum atomic E-state index is -0.741. The summed E-state index contributed by atoms with van der Waals surface area (Å²) in [5, 5.41) is 8.71. The lowest BCUT2D eigenvalue weighted by molar-refractivity contribution is 0.0728. The molecule has 0 aliphatic carbocycles. The molecule has 2 aromatic rings. The molecule has 0 fully saturated rings.